The standard InChI is InChI=1S/C22H29N5O4/c1-15-7-3-4-10-25(15)11-6-12-26-14-18-19(21(26)28)20(23-22(29)24(18)2)16-8-5-9-17(13-16)27(30)31/h5,8-9,13,15,20H,3-4,6-7,10-12,14H2,1-2H3,(H,23,29)/t15-,20+/m1/s1. The Labute approximate surface area is 181 Å². The zero-order valence-electron chi connectivity index (χ0n) is 18.0. The maximum absolute atomic E-state index is 13.3. The van der Waals surface area contributed by atoms with Gasteiger partial charge in [-0.2, -0.15) is 0 Å². The molecule has 1 fully saturated rings. The smallest absolute Gasteiger partial charge is 0.322 e. The minimum absolute atomic E-state index is 0.0641. The molecule has 0 spiro atoms. The minimum atomic E-state index is -0.682. The summed E-state index contributed by atoms with van der Waals surface area (Å²) in [5.41, 5.74) is 1.66. The molecule has 9 heteroatoms. The molecule has 0 aliphatic carbocycles. The highest BCUT2D eigenvalue weighted by Gasteiger charge is 2.42. The van der Waals surface area contributed by atoms with Crippen LogP contribution in [-0.4, -0.2) is 70.8 Å². The molecule has 166 valence electrons. The van der Waals surface area contributed by atoms with Gasteiger partial charge < -0.3 is 15.1 Å². The zero-order chi connectivity index (χ0) is 22.1. The van der Waals surface area contributed by atoms with Gasteiger partial charge in [0.05, 0.1) is 28.8 Å². The van der Waals surface area contributed by atoms with Gasteiger partial charge in [0, 0.05) is 38.3 Å². The highest BCUT2D eigenvalue weighted by Crippen LogP contribution is 2.36. The summed E-state index contributed by atoms with van der Waals surface area (Å²) in [7, 11) is 1.65. The number of nitrogens with one attached hydrogen (secondary N) is 1. The highest BCUT2D eigenvalue weighted by molar-refractivity contribution is 6.01. The number of piperidine rings is 1. The highest BCUT2D eigenvalue weighted by atomic mass is 16.6. The Kier molecular flexibility index (Phi) is 5.95. The summed E-state index contributed by atoms with van der Waals surface area (Å²) < 4.78 is 0. The SMILES string of the molecule is C[C@@H]1CCCCN1CCCN1CC2=C(C1=O)[C@H](c1cccc([N+](=O)[O-])c1)NC(=O)N2C. The second-order valence-electron chi connectivity index (χ2n) is 8.62. The number of nitrogens with zero attached hydrogens (tertiary/aromatic N) is 4. The molecule has 1 saturated heterocycles. The van der Waals surface area contributed by atoms with Crippen molar-refractivity contribution in [2.75, 3.05) is 33.2 Å². The van der Waals surface area contributed by atoms with E-state index >= 15 is 0 Å². The van der Waals surface area contributed by atoms with Crippen LogP contribution in [0.5, 0.6) is 0 Å². The van der Waals surface area contributed by atoms with Gasteiger partial charge >= 0.3 is 6.03 Å². The molecule has 3 amide bonds. The second kappa shape index (κ2) is 8.66. The lowest BCUT2D eigenvalue weighted by Crippen LogP contribution is -2.45. The third-order valence-electron chi connectivity index (χ3n) is 6.66. The fourth-order valence-corrected chi connectivity index (χ4v) is 4.83. The molecule has 0 saturated carbocycles. The van der Waals surface area contributed by atoms with Crippen LogP contribution in [0.15, 0.2) is 35.5 Å². The van der Waals surface area contributed by atoms with E-state index in [4.69, 9.17) is 0 Å². The Morgan fingerprint density at radius 3 is 2.77 bits per heavy atom. The van der Waals surface area contributed by atoms with E-state index in [-0.39, 0.29) is 17.6 Å². The number of non-ortho nitro benzene ring substituents is 1. The average molecular weight is 428 g/mol. The van der Waals surface area contributed by atoms with E-state index in [1.54, 1.807) is 24.1 Å². The first kappa shape index (κ1) is 21.3. The molecule has 0 radical (unpaired) electrons. The number of rotatable bonds is 6. The monoisotopic (exact) mass is 427 g/mol. The Morgan fingerprint density at radius 1 is 1.23 bits per heavy atom. The number of hydrogen-bond donors (Lipinski definition) is 1. The number of hydrogen-bond acceptors (Lipinski definition) is 5. The Morgan fingerprint density at radius 2 is 2.03 bits per heavy atom. The zero-order valence-corrected chi connectivity index (χ0v) is 18.0. The van der Waals surface area contributed by atoms with Gasteiger partial charge in [-0.15, -0.1) is 0 Å². The summed E-state index contributed by atoms with van der Waals surface area (Å²) in [6.45, 7) is 5.34. The Balaban J connectivity index is 1.50. The lowest BCUT2D eigenvalue weighted by molar-refractivity contribution is -0.384. The van der Waals surface area contributed by atoms with Gasteiger partial charge in [-0.05, 0) is 38.3 Å². The third-order valence-corrected chi connectivity index (χ3v) is 6.66. The summed E-state index contributed by atoms with van der Waals surface area (Å²) in [4.78, 5) is 42.3. The van der Waals surface area contributed by atoms with E-state index in [2.05, 4.69) is 17.1 Å². The van der Waals surface area contributed by atoms with Crippen molar-refractivity contribution in [3.8, 4) is 0 Å². The van der Waals surface area contributed by atoms with Crippen LogP contribution >= 0.6 is 0 Å². The van der Waals surface area contributed by atoms with Crippen LogP contribution < -0.4 is 5.32 Å². The van der Waals surface area contributed by atoms with E-state index < -0.39 is 11.0 Å². The molecular weight excluding hydrogens is 398 g/mol. The summed E-state index contributed by atoms with van der Waals surface area (Å²) in [6.07, 6.45) is 4.61. The summed E-state index contributed by atoms with van der Waals surface area (Å²) in [5, 5.41) is 14.0. The van der Waals surface area contributed by atoms with Gasteiger partial charge in [0.25, 0.3) is 11.6 Å². The summed E-state index contributed by atoms with van der Waals surface area (Å²) in [5.74, 6) is -0.106. The Hall–Kier alpha value is -2.94. The molecule has 0 bridgehead atoms. The molecule has 31 heavy (non-hydrogen) atoms. The number of likely N-dealkylation sites (N-methyl/N-ethyl adjacent to an activating group) is 1. The number of carbonyl (C=O) groups is 2. The fourth-order valence-electron chi connectivity index (χ4n) is 4.83. The molecule has 0 unspecified atom stereocenters. The number of nitro benzene ring substituents is 1. The van der Waals surface area contributed by atoms with Crippen LogP contribution in [0, 0.1) is 10.1 Å². The van der Waals surface area contributed by atoms with Crippen molar-refractivity contribution in [3.63, 3.8) is 0 Å². The normalized spacial score (nSPS) is 24.5. The average Bonchev–Trinajstić information content (AvgIpc) is 3.09. The molecule has 0 aromatic heterocycles. The van der Waals surface area contributed by atoms with E-state index in [0.29, 0.717) is 36.0 Å². The summed E-state index contributed by atoms with van der Waals surface area (Å²) >= 11 is 0. The molecule has 1 aromatic carbocycles. The van der Waals surface area contributed by atoms with E-state index in [9.17, 15) is 19.7 Å². The number of likely N-dealkylation sites (tertiary alicyclic amines) is 1. The van der Waals surface area contributed by atoms with Gasteiger partial charge in [0.15, 0.2) is 0 Å². The first-order chi connectivity index (χ1) is 14.9. The molecule has 1 N–H and O–H groups in total. The predicted octanol–water partition coefficient (Wildman–Crippen LogP) is 2.65. The van der Waals surface area contributed by atoms with Crippen molar-refractivity contribution in [1.29, 1.82) is 0 Å². The molecule has 3 aliphatic rings. The first-order valence-corrected chi connectivity index (χ1v) is 10.9. The molecule has 1 aromatic rings. The van der Waals surface area contributed by atoms with Crippen molar-refractivity contribution in [2.45, 2.75) is 44.7 Å². The van der Waals surface area contributed by atoms with Crippen molar-refractivity contribution in [1.82, 2.24) is 20.0 Å². The van der Waals surface area contributed by atoms with Gasteiger partial charge in [-0.3, -0.25) is 19.8 Å². The van der Waals surface area contributed by atoms with Crippen molar-refractivity contribution in [2.24, 2.45) is 0 Å². The van der Waals surface area contributed by atoms with E-state index in [1.165, 1.54) is 36.3 Å². The maximum atomic E-state index is 13.3. The number of nitro groups is 1. The molecule has 4 rings (SSSR count). The van der Waals surface area contributed by atoms with Gasteiger partial charge in [-0.1, -0.05) is 18.6 Å². The van der Waals surface area contributed by atoms with Crippen LogP contribution in [-0.2, 0) is 4.79 Å². The quantitative estimate of drug-likeness (QED) is 0.556. The lowest BCUT2D eigenvalue weighted by Gasteiger charge is -2.33. The number of urea groups is 1. The van der Waals surface area contributed by atoms with Crippen LogP contribution in [0.3, 0.4) is 0 Å². The van der Waals surface area contributed by atoms with Crippen LogP contribution in [0.1, 0.15) is 44.2 Å². The number of benzene rings is 1. The van der Waals surface area contributed by atoms with Crippen molar-refractivity contribution < 1.29 is 14.5 Å². The van der Waals surface area contributed by atoms with Gasteiger partial charge in [-0.25, -0.2) is 4.79 Å². The molecule has 3 aliphatic heterocycles. The Bertz CT molecular complexity index is 930. The van der Waals surface area contributed by atoms with Gasteiger partial charge in [0.2, 0.25) is 0 Å². The molecule has 2 atom stereocenters. The molecular formula is C22H29N5O4. The largest absolute Gasteiger partial charge is 0.333 e. The van der Waals surface area contributed by atoms with E-state index in [0.717, 1.165) is 19.5 Å². The number of amides is 3. The summed E-state index contributed by atoms with van der Waals surface area (Å²) in [6, 6.07) is 5.71. The molecule has 3 heterocycles. The van der Waals surface area contributed by atoms with Crippen molar-refractivity contribution >= 4 is 17.6 Å². The second-order valence-corrected chi connectivity index (χ2v) is 8.62. The van der Waals surface area contributed by atoms with Crippen LogP contribution in [0.2, 0.25) is 0 Å². The fraction of sp³-hybridized carbons (Fsp3) is 0.545. The predicted molar refractivity (Wildman–Crippen MR) is 115 cm³/mol. The first-order valence-electron chi connectivity index (χ1n) is 10.9. The third kappa shape index (κ3) is 4.14. The lowest BCUT2D eigenvalue weighted by atomic mass is 9.95. The minimum Gasteiger partial charge on any atom is -0.333 e. The number of carbonyl (C=O) groups excluding carboxylic acids is 2. The van der Waals surface area contributed by atoms with E-state index in [1.807, 2.05) is 0 Å². The maximum Gasteiger partial charge on any atom is 0.322 e. The van der Waals surface area contributed by atoms with Crippen LogP contribution in [0.25, 0.3) is 0 Å². The van der Waals surface area contributed by atoms with Crippen molar-refractivity contribution in [3.05, 3.63) is 51.2 Å². The molecule has 9 nitrogen and oxygen atoms in total. The van der Waals surface area contributed by atoms with Gasteiger partial charge in [0.1, 0.15) is 0 Å². The van der Waals surface area contributed by atoms with Crippen LogP contribution in [0.4, 0.5) is 10.5 Å². The topological polar surface area (TPSA) is 99.0 Å².